The van der Waals surface area contributed by atoms with E-state index in [4.69, 9.17) is 0 Å². The number of hydrogen-bond acceptors (Lipinski definition) is 3. The summed E-state index contributed by atoms with van der Waals surface area (Å²) in [5, 5.41) is 0. The Morgan fingerprint density at radius 3 is 2.25 bits per heavy atom. The molecule has 0 aromatic heterocycles. The van der Waals surface area contributed by atoms with Crippen LogP contribution in [0.25, 0.3) is 0 Å². The standard InChI is InChI=1S/C9H18N2S/c1-6(2)8-9(7(3)4)11(5)12-10-8/h6-7,9H,1-5H3. The van der Waals surface area contributed by atoms with Gasteiger partial charge in [0.25, 0.3) is 0 Å². The Balaban J connectivity index is 2.74. The van der Waals surface area contributed by atoms with Crippen LogP contribution in [-0.2, 0) is 0 Å². The van der Waals surface area contributed by atoms with Crippen molar-refractivity contribution in [1.29, 1.82) is 0 Å². The maximum Gasteiger partial charge on any atom is 0.0631 e. The molecule has 1 heterocycles. The molecule has 0 fully saturated rings. The monoisotopic (exact) mass is 186 g/mol. The van der Waals surface area contributed by atoms with Gasteiger partial charge in [0.2, 0.25) is 0 Å². The molecule has 0 aromatic rings. The van der Waals surface area contributed by atoms with E-state index < -0.39 is 0 Å². The summed E-state index contributed by atoms with van der Waals surface area (Å²) in [6, 6.07) is 0.537. The van der Waals surface area contributed by atoms with Crippen molar-refractivity contribution in [2.24, 2.45) is 16.2 Å². The predicted molar refractivity (Wildman–Crippen MR) is 56.3 cm³/mol. The number of hydrogen-bond donors (Lipinski definition) is 0. The fourth-order valence-electron chi connectivity index (χ4n) is 1.61. The molecule has 0 saturated heterocycles. The van der Waals surface area contributed by atoms with Crippen molar-refractivity contribution in [2.75, 3.05) is 7.05 Å². The van der Waals surface area contributed by atoms with E-state index in [0.29, 0.717) is 17.9 Å². The minimum atomic E-state index is 0.537. The van der Waals surface area contributed by atoms with Crippen LogP contribution in [-0.4, -0.2) is 23.1 Å². The maximum absolute atomic E-state index is 4.48. The summed E-state index contributed by atoms with van der Waals surface area (Å²) in [5.41, 5.74) is 1.34. The Morgan fingerprint density at radius 1 is 1.33 bits per heavy atom. The van der Waals surface area contributed by atoms with Crippen molar-refractivity contribution in [1.82, 2.24) is 4.31 Å². The normalized spacial score (nSPS) is 25.6. The first-order valence-electron chi connectivity index (χ1n) is 4.51. The average molecular weight is 186 g/mol. The fourth-order valence-corrected chi connectivity index (χ4v) is 2.61. The lowest BCUT2D eigenvalue weighted by atomic mass is 9.92. The van der Waals surface area contributed by atoms with Crippen molar-refractivity contribution in [3.8, 4) is 0 Å². The van der Waals surface area contributed by atoms with Crippen LogP contribution in [0.3, 0.4) is 0 Å². The molecule has 12 heavy (non-hydrogen) atoms. The first-order chi connectivity index (χ1) is 5.54. The Morgan fingerprint density at radius 2 is 1.92 bits per heavy atom. The van der Waals surface area contributed by atoms with E-state index >= 15 is 0 Å². The minimum Gasteiger partial charge on any atom is -0.225 e. The lowest BCUT2D eigenvalue weighted by Gasteiger charge is -2.24. The van der Waals surface area contributed by atoms with Crippen LogP contribution in [0.15, 0.2) is 4.40 Å². The van der Waals surface area contributed by atoms with Crippen LogP contribution in [0.2, 0.25) is 0 Å². The summed E-state index contributed by atoms with van der Waals surface area (Å²) in [7, 11) is 2.12. The van der Waals surface area contributed by atoms with Gasteiger partial charge in [-0.05, 0) is 18.9 Å². The zero-order valence-corrected chi connectivity index (χ0v) is 9.35. The summed E-state index contributed by atoms with van der Waals surface area (Å²) >= 11 is 1.59. The summed E-state index contributed by atoms with van der Waals surface area (Å²) in [6.07, 6.45) is 0. The topological polar surface area (TPSA) is 15.6 Å². The molecule has 0 saturated carbocycles. The van der Waals surface area contributed by atoms with Crippen molar-refractivity contribution < 1.29 is 0 Å². The van der Waals surface area contributed by atoms with Gasteiger partial charge < -0.3 is 0 Å². The summed E-state index contributed by atoms with van der Waals surface area (Å²) in [4.78, 5) is 0. The highest BCUT2D eigenvalue weighted by molar-refractivity contribution is 7.96. The first-order valence-corrected chi connectivity index (χ1v) is 5.24. The molecule has 3 heteroatoms. The van der Waals surface area contributed by atoms with Gasteiger partial charge in [0.1, 0.15) is 0 Å². The minimum absolute atomic E-state index is 0.537. The summed E-state index contributed by atoms with van der Waals surface area (Å²) in [6.45, 7) is 8.94. The van der Waals surface area contributed by atoms with Gasteiger partial charge in [-0.15, -0.1) is 0 Å². The van der Waals surface area contributed by atoms with Crippen LogP contribution in [0.4, 0.5) is 0 Å². The Kier molecular flexibility index (Phi) is 3.18. The number of rotatable bonds is 2. The SMILES string of the molecule is CC(C)C1=NSN(C)C1C(C)C. The molecular weight excluding hydrogens is 168 g/mol. The summed E-state index contributed by atoms with van der Waals surface area (Å²) < 4.78 is 6.73. The quantitative estimate of drug-likeness (QED) is 0.616. The predicted octanol–water partition coefficient (Wildman–Crippen LogP) is 2.62. The van der Waals surface area contributed by atoms with E-state index in [-0.39, 0.29) is 0 Å². The fraction of sp³-hybridized carbons (Fsp3) is 0.889. The highest BCUT2D eigenvalue weighted by Crippen LogP contribution is 2.30. The third kappa shape index (κ3) is 1.83. The molecule has 1 atom stereocenters. The Bertz CT molecular complexity index is 187. The van der Waals surface area contributed by atoms with Gasteiger partial charge in [0, 0.05) is 5.71 Å². The number of nitrogens with zero attached hydrogens (tertiary/aromatic N) is 2. The van der Waals surface area contributed by atoms with Crippen LogP contribution < -0.4 is 0 Å². The van der Waals surface area contributed by atoms with Gasteiger partial charge in [-0.2, -0.15) is 0 Å². The molecule has 0 aliphatic carbocycles. The molecule has 2 nitrogen and oxygen atoms in total. The van der Waals surface area contributed by atoms with Crippen molar-refractivity contribution >= 4 is 17.8 Å². The molecule has 70 valence electrons. The molecule has 0 bridgehead atoms. The molecule has 0 amide bonds. The van der Waals surface area contributed by atoms with E-state index in [2.05, 4.69) is 43.4 Å². The van der Waals surface area contributed by atoms with Crippen molar-refractivity contribution in [3.05, 3.63) is 0 Å². The zero-order valence-electron chi connectivity index (χ0n) is 8.53. The van der Waals surface area contributed by atoms with Crippen LogP contribution in [0, 0.1) is 11.8 Å². The van der Waals surface area contributed by atoms with E-state index in [9.17, 15) is 0 Å². The molecule has 1 aliphatic rings. The van der Waals surface area contributed by atoms with E-state index in [1.165, 1.54) is 5.71 Å². The van der Waals surface area contributed by atoms with Crippen LogP contribution >= 0.6 is 12.1 Å². The smallest absolute Gasteiger partial charge is 0.0631 e. The molecule has 0 spiro atoms. The van der Waals surface area contributed by atoms with Gasteiger partial charge in [0.05, 0.1) is 18.2 Å². The molecule has 1 rings (SSSR count). The van der Waals surface area contributed by atoms with E-state index in [1.54, 1.807) is 12.1 Å². The highest BCUT2D eigenvalue weighted by atomic mass is 32.2. The Hall–Kier alpha value is -0.0200. The van der Waals surface area contributed by atoms with Gasteiger partial charge in [-0.1, -0.05) is 27.7 Å². The molecule has 0 aromatic carbocycles. The van der Waals surface area contributed by atoms with Gasteiger partial charge in [-0.3, -0.25) is 0 Å². The van der Waals surface area contributed by atoms with Gasteiger partial charge in [-0.25, -0.2) is 8.70 Å². The molecule has 0 N–H and O–H groups in total. The molecule has 1 aliphatic heterocycles. The van der Waals surface area contributed by atoms with Crippen molar-refractivity contribution in [2.45, 2.75) is 33.7 Å². The average Bonchev–Trinajstić information content (AvgIpc) is 2.30. The second-order valence-corrected chi connectivity index (χ2v) is 4.91. The lowest BCUT2D eigenvalue weighted by molar-refractivity contribution is 0.399. The summed E-state index contributed by atoms with van der Waals surface area (Å²) in [5.74, 6) is 1.24. The van der Waals surface area contributed by atoms with Crippen molar-refractivity contribution in [3.63, 3.8) is 0 Å². The van der Waals surface area contributed by atoms with Crippen LogP contribution in [0.1, 0.15) is 27.7 Å². The van der Waals surface area contributed by atoms with E-state index in [0.717, 1.165) is 0 Å². The molecule has 1 unspecified atom stereocenters. The van der Waals surface area contributed by atoms with Gasteiger partial charge in [0.15, 0.2) is 0 Å². The first kappa shape index (κ1) is 10.1. The second-order valence-electron chi connectivity index (χ2n) is 3.99. The maximum atomic E-state index is 4.48. The molecular formula is C9H18N2S. The highest BCUT2D eigenvalue weighted by Gasteiger charge is 2.31. The zero-order chi connectivity index (χ0) is 9.30. The Labute approximate surface area is 79.7 Å². The van der Waals surface area contributed by atoms with Gasteiger partial charge >= 0.3 is 0 Å². The third-order valence-electron chi connectivity index (χ3n) is 2.19. The third-order valence-corrected chi connectivity index (χ3v) is 2.97. The second kappa shape index (κ2) is 3.79. The van der Waals surface area contributed by atoms with E-state index in [1.807, 2.05) is 0 Å². The lowest BCUT2D eigenvalue weighted by Crippen LogP contribution is -2.36. The van der Waals surface area contributed by atoms with Crippen LogP contribution in [0.5, 0.6) is 0 Å². The largest absolute Gasteiger partial charge is 0.225 e. The molecule has 0 radical (unpaired) electrons.